The third kappa shape index (κ3) is 1.39. The van der Waals surface area contributed by atoms with Crippen LogP contribution in [0, 0.1) is 16.7 Å². The second-order valence-electron chi connectivity index (χ2n) is 10.2. The lowest BCUT2D eigenvalue weighted by Crippen LogP contribution is -2.67. The van der Waals surface area contributed by atoms with Crippen LogP contribution in [0.3, 0.4) is 0 Å². The molecular weight excluding hydrogens is 320 g/mol. The normalized spacial score (nSPS) is 61.4. The summed E-state index contributed by atoms with van der Waals surface area (Å²) in [4.78, 5) is 0. The van der Waals surface area contributed by atoms with Gasteiger partial charge in [-0.25, -0.2) is 0 Å². The smallest absolute Gasteiger partial charge is 0.124 e. The Labute approximate surface area is 148 Å². The summed E-state index contributed by atoms with van der Waals surface area (Å²) in [6.45, 7) is 7.80. The summed E-state index contributed by atoms with van der Waals surface area (Å²) in [5, 5.41) is 44.4. The highest BCUT2D eigenvalue weighted by Gasteiger charge is 2.81. The molecule has 4 fully saturated rings. The molecule has 5 nitrogen and oxygen atoms in total. The molecule has 3 saturated carbocycles. The molecule has 1 saturated heterocycles. The molecule has 0 aromatic heterocycles. The molecule has 3 spiro atoms. The third-order valence-electron chi connectivity index (χ3n) is 9.10. The van der Waals surface area contributed by atoms with Gasteiger partial charge in [0.1, 0.15) is 5.60 Å². The van der Waals surface area contributed by atoms with Crippen molar-refractivity contribution in [1.29, 1.82) is 0 Å². The van der Waals surface area contributed by atoms with Gasteiger partial charge in [-0.2, -0.15) is 0 Å². The fourth-order valence-electron chi connectivity index (χ4n) is 7.82. The molecule has 0 radical (unpaired) electrons. The van der Waals surface area contributed by atoms with E-state index < -0.39 is 45.9 Å². The lowest BCUT2D eigenvalue weighted by molar-refractivity contribution is -0.264. The summed E-state index contributed by atoms with van der Waals surface area (Å²) in [5.41, 5.74) is -1.75. The van der Waals surface area contributed by atoms with Crippen LogP contribution in [0.4, 0.5) is 0 Å². The molecule has 0 aromatic carbocycles. The maximum absolute atomic E-state index is 11.3. The van der Waals surface area contributed by atoms with Gasteiger partial charge in [0.2, 0.25) is 0 Å². The molecule has 0 unspecified atom stereocenters. The monoisotopic (exact) mass is 350 g/mol. The van der Waals surface area contributed by atoms with Gasteiger partial charge in [0.15, 0.2) is 0 Å². The van der Waals surface area contributed by atoms with Crippen LogP contribution in [-0.4, -0.2) is 55.5 Å². The highest BCUT2D eigenvalue weighted by atomic mass is 16.6. The molecule has 5 rings (SSSR count). The summed E-state index contributed by atoms with van der Waals surface area (Å²) >= 11 is 0. The fourth-order valence-corrected chi connectivity index (χ4v) is 7.82. The number of aliphatic hydroxyl groups excluding tert-OH is 3. The summed E-state index contributed by atoms with van der Waals surface area (Å²) in [7, 11) is 0. The predicted molar refractivity (Wildman–Crippen MR) is 90.7 cm³/mol. The minimum absolute atomic E-state index is 0.165. The van der Waals surface area contributed by atoms with Crippen molar-refractivity contribution in [1.82, 2.24) is 0 Å². The number of aliphatic hydroxyl groups is 4. The van der Waals surface area contributed by atoms with Crippen LogP contribution >= 0.6 is 0 Å². The number of hydrogen-bond acceptors (Lipinski definition) is 5. The Morgan fingerprint density at radius 3 is 2.44 bits per heavy atom. The Kier molecular flexibility index (Phi) is 2.79. The van der Waals surface area contributed by atoms with Gasteiger partial charge >= 0.3 is 0 Å². The first-order chi connectivity index (χ1) is 11.5. The van der Waals surface area contributed by atoms with Crippen LogP contribution in [0.5, 0.6) is 0 Å². The minimum atomic E-state index is -1.01. The van der Waals surface area contributed by atoms with Crippen LogP contribution in [0.2, 0.25) is 0 Å². The lowest BCUT2D eigenvalue weighted by atomic mass is 9.54. The average molecular weight is 350 g/mol. The Hall–Kier alpha value is -0.460. The minimum Gasteiger partial charge on any atom is -0.392 e. The van der Waals surface area contributed by atoms with E-state index in [1.807, 2.05) is 13.8 Å². The average Bonchev–Trinajstić information content (AvgIpc) is 3.01. The van der Waals surface area contributed by atoms with Crippen LogP contribution in [0.25, 0.3) is 0 Å². The molecule has 5 heteroatoms. The van der Waals surface area contributed by atoms with Gasteiger partial charge in [0.05, 0.1) is 29.5 Å². The standard InChI is InChI=1S/C20H30O5/c1-10-12-7-13(21)16(2,3)20(12)14(22)8-18(25-20)9-17(4,24)11-5-6-19(10,18)15(11)23/h11,13-15,21-24H,5-9H2,1-4H3/t11-,13+,14-,15-,17-,18-,19-,20+/m1/s1. The zero-order valence-corrected chi connectivity index (χ0v) is 15.5. The van der Waals surface area contributed by atoms with Gasteiger partial charge in [-0.1, -0.05) is 19.4 Å². The van der Waals surface area contributed by atoms with E-state index in [-0.39, 0.29) is 5.92 Å². The molecule has 5 aliphatic rings. The summed E-state index contributed by atoms with van der Waals surface area (Å²) in [5.74, 6) is -0.165. The van der Waals surface area contributed by atoms with Gasteiger partial charge in [-0.3, -0.25) is 0 Å². The first-order valence-corrected chi connectivity index (χ1v) is 9.64. The van der Waals surface area contributed by atoms with E-state index in [9.17, 15) is 20.4 Å². The summed E-state index contributed by atoms with van der Waals surface area (Å²) < 4.78 is 6.81. The molecule has 0 aromatic rings. The van der Waals surface area contributed by atoms with Crippen LogP contribution < -0.4 is 0 Å². The van der Waals surface area contributed by atoms with Crippen molar-refractivity contribution in [3.63, 3.8) is 0 Å². The van der Waals surface area contributed by atoms with Gasteiger partial charge < -0.3 is 25.2 Å². The van der Waals surface area contributed by atoms with Gasteiger partial charge in [0.25, 0.3) is 0 Å². The lowest BCUT2D eigenvalue weighted by Gasteiger charge is -2.61. The number of ether oxygens (including phenoxy) is 1. The Bertz CT molecular complexity index is 696. The topological polar surface area (TPSA) is 90.2 Å². The van der Waals surface area contributed by atoms with Crippen molar-refractivity contribution in [2.75, 3.05) is 0 Å². The van der Waals surface area contributed by atoms with Crippen LogP contribution in [-0.2, 0) is 4.74 Å². The van der Waals surface area contributed by atoms with Crippen molar-refractivity contribution in [2.24, 2.45) is 16.7 Å². The van der Waals surface area contributed by atoms with E-state index in [0.717, 1.165) is 24.0 Å². The molecule has 4 bridgehead atoms. The molecule has 0 amide bonds. The summed E-state index contributed by atoms with van der Waals surface area (Å²) in [6.07, 6.45) is 0.858. The number of fused-ring (bicyclic) bond motifs is 1. The predicted octanol–water partition coefficient (Wildman–Crippen LogP) is 1.28. The Morgan fingerprint density at radius 1 is 1.08 bits per heavy atom. The van der Waals surface area contributed by atoms with Crippen molar-refractivity contribution in [2.45, 2.75) is 94.9 Å². The van der Waals surface area contributed by atoms with E-state index in [0.29, 0.717) is 19.3 Å². The maximum atomic E-state index is 11.3. The first kappa shape index (κ1) is 16.7. The van der Waals surface area contributed by atoms with Gasteiger partial charge in [-0.05, 0) is 38.7 Å². The van der Waals surface area contributed by atoms with E-state index >= 15 is 0 Å². The highest BCUT2D eigenvalue weighted by molar-refractivity contribution is 5.49. The van der Waals surface area contributed by atoms with E-state index in [2.05, 4.69) is 6.92 Å². The zero-order chi connectivity index (χ0) is 18.2. The summed E-state index contributed by atoms with van der Waals surface area (Å²) in [6, 6.07) is 0. The largest absolute Gasteiger partial charge is 0.392 e. The quantitative estimate of drug-likeness (QED) is 0.494. The Morgan fingerprint density at radius 2 is 1.76 bits per heavy atom. The van der Waals surface area contributed by atoms with E-state index in [1.54, 1.807) is 6.92 Å². The maximum Gasteiger partial charge on any atom is 0.124 e. The molecule has 140 valence electrons. The van der Waals surface area contributed by atoms with Crippen molar-refractivity contribution < 1.29 is 25.2 Å². The highest BCUT2D eigenvalue weighted by Crippen LogP contribution is 2.76. The van der Waals surface area contributed by atoms with Crippen LogP contribution in [0.1, 0.15) is 59.8 Å². The Balaban J connectivity index is 1.82. The zero-order valence-electron chi connectivity index (χ0n) is 15.5. The fraction of sp³-hybridized carbons (Fsp3) is 0.900. The molecule has 2 aliphatic heterocycles. The van der Waals surface area contributed by atoms with Crippen LogP contribution in [0.15, 0.2) is 11.1 Å². The van der Waals surface area contributed by atoms with Crippen molar-refractivity contribution >= 4 is 0 Å². The molecule has 25 heavy (non-hydrogen) atoms. The first-order valence-electron chi connectivity index (χ1n) is 9.64. The van der Waals surface area contributed by atoms with Crippen molar-refractivity contribution in [3.8, 4) is 0 Å². The number of rotatable bonds is 0. The van der Waals surface area contributed by atoms with Crippen molar-refractivity contribution in [3.05, 3.63) is 11.1 Å². The molecule has 2 heterocycles. The molecule has 4 N–H and O–H groups in total. The SMILES string of the molecule is CC1=C2C[C@H](O)C(C)(C)[C@]23O[C@]2(C[C@H]3O)C[C@@](C)(O)[C@@H]3CC[C@]12[C@@H]3O. The van der Waals surface area contributed by atoms with E-state index in [1.165, 1.54) is 0 Å². The van der Waals surface area contributed by atoms with Gasteiger partial charge in [0, 0.05) is 29.6 Å². The third-order valence-corrected chi connectivity index (χ3v) is 9.10. The molecule has 8 atom stereocenters. The number of hydrogen-bond donors (Lipinski definition) is 4. The second kappa shape index (κ2) is 4.17. The van der Waals surface area contributed by atoms with Gasteiger partial charge in [-0.15, -0.1) is 0 Å². The molecule has 3 aliphatic carbocycles. The van der Waals surface area contributed by atoms with E-state index in [4.69, 9.17) is 4.74 Å². The molecular formula is C20H30O5. The second-order valence-corrected chi connectivity index (χ2v) is 10.2.